The van der Waals surface area contributed by atoms with Gasteiger partial charge in [-0.1, -0.05) is 72.9 Å². The van der Waals surface area contributed by atoms with Crippen LogP contribution in [0.15, 0.2) is 114 Å². The van der Waals surface area contributed by atoms with Crippen molar-refractivity contribution in [3.05, 3.63) is 174 Å². The molecule has 9 amide bonds. The number of nitrogens with zero attached hydrogens (tertiary/aromatic N) is 2. The van der Waals surface area contributed by atoms with Crippen LogP contribution in [-0.2, 0) is 70.3 Å². The second-order valence-electron chi connectivity index (χ2n) is 30.7. The molecule has 43 heteroatoms. The minimum absolute atomic E-state index is 0.0609. The first-order valence-electron chi connectivity index (χ1n) is 38.8. The van der Waals surface area contributed by atoms with Crippen molar-refractivity contribution < 1.29 is 122 Å². The Morgan fingerprint density at radius 2 is 1.37 bits per heavy atom. The molecule has 0 unspecified atom stereocenters. The number of phenols is 3. The number of hydrogen-bond acceptors (Lipinski definition) is 29. The summed E-state index contributed by atoms with van der Waals surface area (Å²) in [6.07, 6.45) is -18.5. The highest BCUT2D eigenvalue weighted by Gasteiger charge is 2.52. The van der Waals surface area contributed by atoms with E-state index in [0.717, 1.165) is 72.8 Å². The summed E-state index contributed by atoms with van der Waals surface area (Å²) in [5.41, 5.74) is 6.01. The minimum atomic E-state index is -2.39. The minimum Gasteiger partial charge on any atom is -0.508 e. The molecule has 18 atom stereocenters. The Morgan fingerprint density at radius 3 is 2.00 bits per heavy atom. The number of nitrogens with one attached hydrogen (secondary N) is 11. The first-order chi connectivity index (χ1) is 58.8. The van der Waals surface area contributed by atoms with E-state index in [-0.39, 0.29) is 71.6 Å². The van der Waals surface area contributed by atoms with E-state index in [4.69, 9.17) is 69.0 Å². The molecule has 7 aromatic rings. The zero-order valence-corrected chi connectivity index (χ0v) is 69.0. The number of rotatable bonds is 21. The number of likely N-dealkylation sites (N-methyl/N-ethyl adjacent to an activating group) is 1. The normalized spacial score (nSPS) is 26.1. The summed E-state index contributed by atoms with van der Waals surface area (Å²) in [4.78, 5) is 150. The first kappa shape index (κ1) is 91.7. The van der Waals surface area contributed by atoms with Gasteiger partial charge in [0.25, 0.3) is 5.91 Å². The highest BCUT2D eigenvalue weighted by Crippen LogP contribution is 2.50. The SMILES string of the molecule is CNNC(=O)[C@@H]1NC(=O)[C@H]2NC(=O)[C@H](NC(=O)[C@@H]3NC(=O)[C@H](CC(N)=O)NC(=O)[C@H](NC(=O)[C@@H](CC(C)C)NC)[C@H](O)c4ccc(c(Cl)c4)Oc4cc3cc(c4O[C@@H]3O[C@H](CO)[C@@H](O)[C@H](O)[C@H]3O[C@H]3C[C@](C)(NCCn4ccc(NC(=O)Cc5ccc(Cl)c(F)c5)nc4=O)[C@H](O)[C@H](C)O3)Oc3ccc(cc3Cl)[C@H]2O)c2ccc(O)c(c2)-c2c(O)cc(O)cc21. The van der Waals surface area contributed by atoms with Crippen LogP contribution in [-0.4, -0.2) is 215 Å². The number of ether oxygens (including phenoxy) is 6. The lowest BCUT2D eigenvalue weighted by Crippen LogP contribution is -2.65. The van der Waals surface area contributed by atoms with Crippen molar-refractivity contribution in [2.45, 2.75) is 169 Å². The van der Waals surface area contributed by atoms with Gasteiger partial charge < -0.3 is 128 Å². The fourth-order valence-corrected chi connectivity index (χ4v) is 15.6. The topological polar surface area (TPSA) is 584 Å². The summed E-state index contributed by atoms with van der Waals surface area (Å²) < 4.78 is 54.7. The zero-order chi connectivity index (χ0) is 89.8. The second-order valence-corrected chi connectivity index (χ2v) is 31.9. The molecule has 2 fully saturated rings. The number of halogens is 4. The van der Waals surface area contributed by atoms with E-state index in [9.17, 15) is 74.3 Å². The quantitative estimate of drug-likeness (QED) is 0.0448. The smallest absolute Gasteiger partial charge is 0.349 e. The molecule has 39 nitrogen and oxygen atoms in total. The van der Waals surface area contributed by atoms with E-state index in [0.29, 0.717) is 5.56 Å². The van der Waals surface area contributed by atoms with Gasteiger partial charge in [0, 0.05) is 55.5 Å². The Kier molecular flexibility index (Phi) is 28.7. The third-order valence-electron chi connectivity index (χ3n) is 21.4. The molecular weight excluding hydrogens is 1690 g/mol. The number of anilines is 1. The van der Waals surface area contributed by atoms with E-state index in [1.54, 1.807) is 6.92 Å². The monoisotopic (exact) mass is 1780 g/mol. The van der Waals surface area contributed by atoms with Crippen LogP contribution in [0, 0.1) is 11.7 Å². The van der Waals surface area contributed by atoms with Crippen molar-refractivity contribution in [3.63, 3.8) is 0 Å². The lowest BCUT2D eigenvalue weighted by atomic mass is 9.85. The van der Waals surface area contributed by atoms with Crippen LogP contribution in [0.25, 0.3) is 11.1 Å². The lowest BCUT2D eigenvalue weighted by molar-refractivity contribution is -0.334. The molecule has 662 valence electrons. The van der Waals surface area contributed by atoms with Gasteiger partial charge in [-0.05, 0) is 139 Å². The number of phenolic OH excluding ortho intramolecular Hbond substituents is 3. The van der Waals surface area contributed by atoms with E-state index in [2.05, 4.69) is 63.7 Å². The molecule has 7 aliphatic rings. The average molecular weight is 1790 g/mol. The summed E-state index contributed by atoms with van der Waals surface area (Å²) in [5, 5.41) is 129. The van der Waals surface area contributed by atoms with Crippen molar-refractivity contribution in [2.75, 3.05) is 32.6 Å². The number of benzene rings is 6. The molecule has 0 saturated carbocycles. The number of aromatic hydroxyl groups is 3. The van der Waals surface area contributed by atoms with Crippen molar-refractivity contribution in [1.82, 2.24) is 62.9 Å². The number of primary amides is 1. The van der Waals surface area contributed by atoms with Gasteiger partial charge in [-0.25, -0.2) is 14.6 Å². The number of fused-ring (bicyclic) bond motifs is 15. The standard InChI is InChI=1S/C81H90Cl3FN14O25/c1-32(2)19-46(87-5)72(111)96-63-65(106)36-9-13-50(43(83)23-36)120-52-25-38-26-53(69(52)124-79-70(68(109)67(108)54(31-100)122-79)123-58-30-81(4,71(110)33(3)119-58)89-16-18-99-17-15-56(92-80(99)118)91-57(105)21-34-7-11-42(82)45(85)20-34)121-51-14-10-37(24-44(51)84)66(107)64-77(116)95-62(78(117)98-88-6)41-27-39(101)28-49(103)59(41)40-22-35(8-12-48(40)102)60(74(113)97-64)94-75(114)61(38)93-73(112)47(29-55(86)104)90-76(63)115/h7-15,17,20,22-28,32-33,46-47,54,58,60-68,70-71,79,87-89,100-103,106-110H,16,18-19,21,29-31H2,1-6H3,(H2,86,104)(H,90,115)(H,93,112)(H,94,114)(H,95,116)(H,96,111)(H,97,113)(H,98,117)(H,91,92,105,118)/t33-,46+,47-,54+,58-,60+,61+,62+,63+,64-,65+,66+,67+,68-,70+,71+,79-,81-/m0/s1. The van der Waals surface area contributed by atoms with E-state index in [1.165, 1.54) is 62.1 Å². The number of hydrazine groups is 1. The number of aromatic nitrogens is 2. The fraction of sp³-hybridized carbons (Fsp3) is 0.395. The molecule has 1 aromatic heterocycles. The van der Waals surface area contributed by atoms with Crippen LogP contribution in [0.1, 0.15) is 111 Å². The van der Waals surface area contributed by atoms with Gasteiger partial charge in [-0.2, -0.15) is 4.98 Å². The maximum atomic E-state index is 16.3. The van der Waals surface area contributed by atoms with Gasteiger partial charge in [-0.15, -0.1) is 0 Å². The predicted molar refractivity (Wildman–Crippen MR) is 435 cm³/mol. The molecule has 2 saturated heterocycles. The summed E-state index contributed by atoms with van der Waals surface area (Å²) in [7, 11) is 2.75. The van der Waals surface area contributed by atoms with Crippen LogP contribution in [0.5, 0.6) is 46.0 Å². The van der Waals surface area contributed by atoms with Crippen LogP contribution >= 0.6 is 34.8 Å². The maximum absolute atomic E-state index is 16.3. The van der Waals surface area contributed by atoms with Gasteiger partial charge in [0.05, 0.1) is 52.8 Å². The van der Waals surface area contributed by atoms with Gasteiger partial charge in [-0.3, -0.25) is 53.1 Å². The third-order valence-corrected chi connectivity index (χ3v) is 22.3. The fourth-order valence-electron chi connectivity index (χ4n) is 15.0. The van der Waals surface area contributed by atoms with Gasteiger partial charge in [0.2, 0.25) is 59.3 Å². The van der Waals surface area contributed by atoms with Crippen molar-refractivity contribution >= 4 is 93.8 Å². The van der Waals surface area contributed by atoms with E-state index >= 15 is 24.0 Å². The highest BCUT2D eigenvalue weighted by atomic mass is 35.5. The van der Waals surface area contributed by atoms with Gasteiger partial charge in [0.1, 0.15) is 107 Å². The van der Waals surface area contributed by atoms with Crippen LogP contribution in [0.3, 0.4) is 0 Å². The number of aliphatic hydroxyl groups is 6. The summed E-state index contributed by atoms with van der Waals surface area (Å²) in [5.74, 6) is -16.8. The Morgan fingerprint density at radius 1 is 0.718 bits per heavy atom. The molecule has 7 aliphatic heterocycles. The molecule has 0 aliphatic carbocycles. The molecule has 0 spiro atoms. The Hall–Kier alpha value is -11.5. The molecule has 11 bridgehead atoms. The summed E-state index contributed by atoms with van der Waals surface area (Å²) >= 11 is 20.1. The van der Waals surface area contributed by atoms with Crippen molar-refractivity contribution in [2.24, 2.45) is 11.7 Å². The molecule has 6 aromatic carbocycles. The lowest BCUT2D eigenvalue weighted by Gasteiger charge is -2.48. The Bertz CT molecular complexity index is 5350. The second kappa shape index (κ2) is 38.8. The Balaban J connectivity index is 0.997. The largest absolute Gasteiger partial charge is 0.508 e. The summed E-state index contributed by atoms with van der Waals surface area (Å²) in [6.45, 7) is 5.51. The van der Waals surface area contributed by atoms with Gasteiger partial charge >= 0.3 is 5.69 Å². The Labute approximate surface area is 719 Å². The number of nitrogens with two attached hydrogens (primary N) is 1. The molecule has 0 radical (unpaired) electrons. The average Bonchev–Trinajstić information content (AvgIpc) is 0.765. The van der Waals surface area contributed by atoms with Crippen molar-refractivity contribution in [1.29, 1.82) is 0 Å². The third kappa shape index (κ3) is 20.5. The number of hydrogen-bond donors (Lipinski definition) is 21. The molecule has 8 heterocycles. The zero-order valence-electron chi connectivity index (χ0n) is 66.8. The number of amides is 9. The maximum Gasteiger partial charge on any atom is 0.349 e. The van der Waals surface area contributed by atoms with Gasteiger partial charge in [0.15, 0.2) is 23.9 Å². The summed E-state index contributed by atoms with van der Waals surface area (Å²) in [6, 6.07) is 4.87. The molecule has 22 N–H and O–H groups in total. The van der Waals surface area contributed by atoms with E-state index < -0.39 is 259 Å². The number of aliphatic hydroxyl groups excluding tert-OH is 6. The first-order valence-corrected chi connectivity index (χ1v) is 39.9. The molecular formula is C81H90Cl3FN14O25. The van der Waals surface area contributed by atoms with Crippen LogP contribution in [0.4, 0.5) is 10.2 Å². The van der Waals surface area contributed by atoms with E-state index in [1.807, 2.05) is 13.8 Å². The highest BCUT2D eigenvalue weighted by molar-refractivity contribution is 6.32. The molecule has 14 rings (SSSR count). The van der Waals surface area contributed by atoms with Crippen LogP contribution in [0.2, 0.25) is 15.1 Å². The van der Waals surface area contributed by atoms with Crippen LogP contribution < -0.4 is 84.3 Å². The van der Waals surface area contributed by atoms with Crippen molar-refractivity contribution in [3.8, 4) is 57.1 Å². The molecule has 124 heavy (non-hydrogen) atoms. The number of carbonyl (C=O) groups excluding carboxylic acids is 9. The number of carbonyl (C=O) groups is 9. The predicted octanol–water partition coefficient (Wildman–Crippen LogP) is 1.13.